The van der Waals surface area contributed by atoms with Gasteiger partial charge in [-0.3, -0.25) is 10.0 Å². The molecule has 0 bridgehead atoms. The summed E-state index contributed by atoms with van der Waals surface area (Å²) >= 11 is 0. The monoisotopic (exact) mass is 321 g/mol. The molecule has 0 aliphatic rings. The summed E-state index contributed by atoms with van der Waals surface area (Å²) in [5.41, 5.74) is 1.42. The van der Waals surface area contributed by atoms with Gasteiger partial charge < -0.3 is 4.18 Å². The zero-order chi connectivity index (χ0) is 16.2. The van der Waals surface area contributed by atoms with Crippen molar-refractivity contribution in [1.29, 1.82) is 0 Å². The van der Waals surface area contributed by atoms with E-state index in [4.69, 9.17) is 9.39 Å². The summed E-state index contributed by atoms with van der Waals surface area (Å²) < 4.78 is 28.8. The third kappa shape index (κ3) is 3.63. The molecule has 0 aromatic heterocycles. The van der Waals surface area contributed by atoms with Crippen LogP contribution in [-0.2, 0) is 10.1 Å². The molecule has 0 unspecified atom stereocenters. The largest absolute Gasteiger partial charge is 0.381 e. The molecule has 0 fully saturated rings. The zero-order valence-corrected chi connectivity index (χ0v) is 12.6. The van der Waals surface area contributed by atoms with Gasteiger partial charge in [-0.05, 0) is 29.8 Å². The number of carbonyl (C=O) groups is 1. The van der Waals surface area contributed by atoms with Gasteiger partial charge in [-0.1, -0.05) is 36.4 Å². The van der Waals surface area contributed by atoms with Crippen LogP contribution in [0, 0.1) is 0 Å². The highest BCUT2D eigenvalue weighted by molar-refractivity contribution is 7.87. The Morgan fingerprint density at radius 2 is 1.91 bits per heavy atom. The fourth-order valence-electron chi connectivity index (χ4n) is 1.91. The van der Waals surface area contributed by atoms with Crippen molar-refractivity contribution in [2.24, 2.45) is 0 Å². The van der Waals surface area contributed by atoms with E-state index in [0.29, 0.717) is 5.39 Å². The van der Waals surface area contributed by atoms with Crippen LogP contribution in [0.1, 0.15) is 17.3 Å². The minimum Gasteiger partial charge on any atom is -0.381 e. The third-order valence-corrected chi connectivity index (χ3v) is 3.98. The van der Waals surface area contributed by atoms with Gasteiger partial charge in [0.2, 0.25) is 0 Å². The second kappa shape index (κ2) is 6.59. The molecular weight excluding hydrogens is 306 g/mol. The number of fused-ring (bicyclic) bond motifs is 1. The van der Waals surface area contributed by atoms with Gasteiger partial charge in [-0.15, -0.1) is 0 Å². The molecule has 0 aliphatic carbocycles. The van der Waals surface area contributed by atoms with E-state index in [-0.39, 0.29) is 17.1 Å². The molecule has 2 rings (SSSR count). The van der Waals surface area contributed by atoms with Crippen molar-refractivity contribution >= 4 is 26.8 Å². The molecule has 1 amide bonds. The van der Waals surface area contributed by atoms with E-state index < -0.39 is 16.0 Å². The van der Waals surface area contributed by atoms with Crippen LogP contribution in [0.3, 0.4) is 0 Å². The summed E-state index contributed by atoms with van der Waals surface area (Å²) in [4.78, 5) is 11.7. The molecule has 6 nitrogen and oxygen atoms in total. The van der Waals surface area contributed by atoms with Crippen LogP contribution in [0.5, 0.6) is 5.75 Å². The van der Waals surface area contributed by atoms with Gasteiger partial charge in [-0.2, -0.15) is 8.42 Å². The number of hydrogen-bond donors (Lipinski definition) is 2. The first-order chi connectivity index (χ1) is 10.5. The average molecular weight is 321 g/mol. The summed E-state index contributed by atoms with van der Waals surface area (Å²) in [6, 6.07) is 10.0. The number of amides is 1. The van der Waals surface area contributed by atoms with E-state index in [9.17, 15) is 13.2 Å². The molecule has 0 atom stereocenters. The average Bonchev–Trinajstić information content (AvgIpc) is 2.51. The maximum atomic E-state index is 11.9. The van der Waals surface area contributed by atoms with Crippen molar-refractivity contribution in [2.45, 2.75) is 6.92 Å². The Morgan fingerprint density at radius 3 is 2.50 bits per heavy atom. The fourth-order valence-corrected chi connectivity index (χ4v) is 2.82. The maximum absolute atomic E-state index is 11.9. The molecule has 0 saturated heterocycles. The van der Waals surface area contributed by atoms with Gasteiger partial charge in [0.1, 0.15) is 5.75 Å². The van der Waals surface area contributed by atoms with E-state index in [1.807, 2.05) is 0 Å². The summed E-state index contributed by atoms with van der Waals surface area (Å²) in [7, 11) is -3.88. The van der Waals surface area contributed by atoms with Crippen LogP contribution in [0.2, 0.25) is 0 Å². The Bertz CT molecular complexity index is 827. The van der Waals surface area contributed by atoms with Gasteiger partial charge in [0.15, 0.2) is 5.75 Å². The van der Waals surface area contributed by atoms with Crippen molar-refractivity contribution in [3.8, 4) is 5.75 Å². The molecule has 0 spiro atoms. The molecule has 2 N–H and O–H groups in total. The second-order valence-electron chi connectivity index (χ2n) is 4.51. The first kappa shape index (κ1) is 16.0. The Balaban J connectivity index is 2.52. The van der Waals surface area contributed by atoms with Gasteiger partial charge in [0.25, 0.3) is 5.91 Å². The lowest BCUT2D eigenvalue weighted by Gasteiger charge is -2.11. The quantitative estimate of drug-likeness (QED) is 0.381. The van der Waals surface area contributed by atoms with Gasteiger partial charge >= 0.3 is 10.1 Å². The van der Waals surface area contributed by atoms with Crippen molar-refractivity contribution in [2.75, 3.05) is 5.75 Å². The number of nitrogens with one attached hydrogen (secondary N) is 1. The minimum absolute atomic E-state index is 0.0646. The standard InChI is InChI=1S/C15H15NO5S/c1-2-3-8-22(19,20)21-14-10-12-7-5-4-6-11(12)9-13(14)15(17)16-18/h2-7,9-10,18H,8H2,1H3,(H,16,17)/b3-2-. The maximum Gasteiger partial charge on any atom is 0.312 e. The molecule has 0 heterocycles. The highest BCUT2D eigenvalue weighted by Crippen LogP contribution is 2.27. The molecule has 0 radical (unpaired) electrons. The molecule has 2 aromatic carbocycles. The first-order valence-corrected chi connectivity index (χ1v) is 8.05. The molecule has 22 heavy (non-hydrogen) atoms. The Morgan fingerprint density at radius 1 is 1.27 bits per heavy atom. The summed E-state index contributed by atoms with van der Waals surface area (Å²) in [6.45, 7) is 1.69. The van der Waals surface area contributed by atoms with Crippen molar-refractivity contribution in [1.82, 2.24) is 5.48 Å². The van der Waals surface area contributed by atoms with Crippen molar-refractivity contribution < 1.29 is 22.6 Å². The summed E-state index contributed by atoms with van der Waals surface area (Å²) in [5.74, 6) is -1.28. The number of benzene rings is 2. The first-order valence-electron chi connectivity index (χ1n) is 6.47. The SMILES string of the molecule is C/C=C\CS(=O)(=O)Oc1cc2ccccc2cc1C(=O)NO. The molecule has 7 heteroatoms. The van der Waals surface area contributed by atoms with Crippen LogP contribution in [-0.4, -0.2) is 25.3 Å². The van der Waals surface area contributed by atoms with Crippen LogP contribution in [0.25, 0.3) is 10.8 Å². The van der Waals surface area contributed by atoms with Crippen LogP contribution < -0.4 is 9.66 Å². The molecular formula is C15H15NO5S. The predicted molar refractivity (Wildman–Crippen MR) is 82.4 cm³/mol. The molecule has 116 valence electrons. The highest BCUT2D eigenvalue weighted by atomic mass is 32.2. The molecule has 0 aliphatic heterocycles. The number of allylic oxidation sites excluding steroid dienone is 1. The summed E-state index contributed by atoms with van der Waals surface area (Å²) in [6.07, 6.45) is 3.02. The van der Waals surface area contributed by atoms with Crippen LogP contribution in [0.15, 0.2) is 48.6 Å². The molecule has 0 saturated carbocycles. The summed E-state index contributed by atoms with van der Waals surface area (Å²) in [5, 5.41) is 10.2. The number of carbonyl (C=O) groups excluding carboxylic acids is 1. The van der Waals surface area contributed by atoms with Gasteiger partial charge in [-0.25, -0.2) is 5.48 Å². The number of rotatable bonds is 5. The topological polar surface area (TPSA) is 92.7 Å². The van der Waals surface area contributed by atoms with E-state index in [2.05, 4.69) is 0 Å². The minimum atomic E-state index is -3.88. The number of hydrogen-bond acceptors (Lipinski definition) is 5. The predicted octanol–water partition coefficient (Wildman–Crippen LogP) is 2.24. The van der Waals surface area contributed by atoms with E-state index in [0.717, 1.165) is 5.39 Å². The Labute approximate surface area is 128 Å². The molecule has 2 aromatic rings. The van der Waals surface area contributed by atoms with E-state index >= 15 is 0 Å². The van der Waals surface area contributed by atoms with Crippen LogP contribution in [0.4, 0.5) is 0 Å². The van der Waals surface area contributed by atoms with Crippen molar-refractivity contribution in [3.05, 3.63) is 54.1 Å². The second-order valence-corrected chi connectivity index (χ2v) is 6.13. The lowest BCUT2D eigenvalue weighted by molar-refractivity contribution is 0.0705. The smallest absolute Gasteiger partial charge is 0.312 e. The lowest BCUT2D eigenvalue weighted by Crippen LogP contribution is -2.21. The zero-order valence-electron chi connectivity index (χ0n) is 11.8. The Kier molecular flexibility index (Phi) is 4.79. The van der Waals surface area contributed by atoms with E-state index in [1.165, 1.54) is 23.7 Å². The fraction of sp³-hybridized carbons (Fsp3) is 0.133. The van der Waals surface area contributed by atoms with Gasteiger partial charge in [0.05, 0.1) is 5.56 Å². The van der Waals surface area contributed by atoms with Crippen molar-refractivity contribution in [3.63, 3.8) is 0 Å². The Hall–Kier alpha value is -2.38. The van der Waals surface area contributed by atoms with Crippen LogP contribution >= 0.6 is 0 Å². The highest BCUT2D eigenvalue weighted by Gasteiger charge is 2.19. The van der Waals surface area contributed by atoms with E-state index in [1.54, 1.807) is 37.3 Å². The lowest BCUT2D eigenvalue weighted by atomic mass is 10.1. The number of hydroxylamine groups is 1. The normalized spacial score (nSPS) is 11.7. The van der Waals surface area contributed by atoms with Gasteiger partial charge in [0, 0.05) is 0 Å². The third-order valence-electron chi connectivity index (χ3n) is 2.95.